The van der Waals surface area contributed by atoms with Crippen LogP contribution >= 0.6 is 11.6 Å². The fourth-order valence-corrected chi connectivity index (χ4v) is 2.17. The lowest BCUT2D eigenvalue weighted by Gasteiger charge is -2.11. The van der Waals surface area contributed by atoms with Crippen molar-refractivity contribution in [1.82, 2.24) is 4.98 Å². The summed E-state index contributed by atoms with van der Waals surface area (Å²) in [5.74, 6) is 1.06. The summed E-state index contributed by atoms with van der Waals surface area (Å²) in [6, 6.07) is 15.1. The van der Waals surface area contributed by atoms with Gasteiger partial charge in [-0.3, -0.25) is 0 Å². The monoisotopic (exact) mass is 284 g/mol. The fraction of sp³-hybridized carbons (Fsp3) is 0.0625. The lowest BCUT2D eigenvalue weighted by molar-refractivity contribution is 0.463. The highest BCUT2D eigenvalue weighted by atomic mass is 35.5. The predicted molar refractivity (Wildman–Crippen MR) is 82.4 cm³/mol. The molecule has 0 saturated heterocycles. The van der Waals surface area contributed by atoms with Crippen LogP contribution in [0.25, 0.3) is 10.9 Å². The van der Waals surface area contributed by atoms with Gasteiger partial charge in [-0.2, -0.15) is 0 Å². The lowest BCUT2D eigenvalue weighted by atomic mass is 10.2. The van der Waals surface area contributed by atoms with Gasteiger partial charge in [-0.25, -0.2) is 4.98 Å². The number of aromatic nitrogens is 1. The number of hydrogen-bond donors (Lipinski definition) is 1. The van der Waals surface area contributed by atoms with Crippen molar-refractivity contribution in [1.29, 1.82) is 0 Å². The second-order valence-electron chi connectivity index (χ2n) is 4.59. The van der Waals surface area contributed by atoms with E-state index in [1.165, 1.54) is 0 Å². The molecule has 2 N–H and O–H groups in total. The number of benzene rings is 2. The summed E-state index contributed by atoms with van der Waals surface area (Å²) < 4.78 is 5.81. The molecule has 3 nitrogen and oxygen atoms in total. The van der Waals surface area contributed by atoms with E-state index in [-0.39, 0.29) is 0 Å². The minimum Gasteiger partial charge on any atom is -0.437 e. The number of anilines is 1. The minimum absolute atomic E-state index is 0.517. The molecule has 4 heteroatoms. The van der Waals surface area contributed by atoms with Crippen LogP contribution in [0.4, 0.5) is 5.69 Å². The summed E-state index contributed by atoms with van der Waals surface area (Å²) in [7, 11) is 0. The van der Waals surface area contributed by atoms with Crippen LogP contribution in [0.3, 0.4) is 0 Å². The first-order valence-corrected chi connectivity index (χ1v) is 6.60. The Morgan fingerprint density at radius 1 is 1.10 bits per heavy atom. The van der Waals surface area contributed by atoms with Gasteiger partial charge in [0.1, 0.15) is 0 Å². The summed E-state index contributed by atoms with van der Waals surface area (Å²) in [4.78, 5) is 4.52. The molecule has 0 unspecified atom stereocenters. The normalized spacial score (nSPS) is 10.7. The zero-order chi connectivity index (χ0) is 14.1. The Morgan fingerprint density at radius 2 is 1.90 bits per heavy atom. The molecule has 2 aromatic carbocycles. The van der Waals surface area contributed by atoms with Crippen molar-refractivity contribution in [2.24, 2.45) is 0 Å². The molecule has 0 aliphatic carbocycles. The van der Waals surface area contributed by atoms with Crippen molar-refractivity contribution >= 4 is 28.2 Å². The first-order chi connectivity index (χ1) is 9.63. The van der Waals surface area contributed by atoms with Crippen molar-refractivity contribution in [2.45, 2.75) is 6.92 Å². The maximum atomic E-state index is 5.96. The molecule has 1 aromatic heterocycles. The molecular weight excluding hydrogens is 272 g/mol. The SMILES string of the molecule is Cc1cc2ccccc2nc1Oc1cc(Cl)ccc1N. The van der Waals surface area contributed by atoms with Crippen molar-refractivity contribution in [3.8, 4) is 11.6 Å². The van der Waals surface area contributed by atoms with Gasteiger partial charge in [0.2, 0.25) is 5.88 Å². The number of para-hydroxylation sites is 1. The van der Waals surface area contributed by atoms with E-state index >= 15 is 0 Å². The van der Waals surface area contributed by atoms with Crippen LogP contribution in [0.15, 0.2) is 48.5 Å². The zero-order valence-electron chi connectivity index (χ0n) is 10.9. The molecule has 3 rings (SSSR count). The first-order valence-electron chi connectivity index (χ1n) is 6.23. The number of ether oxygens (including phenoxy) is 1. The Labute approximate surface area is 122 Å². The predicted octanol–water partition coefficient (Wildman–Crippen LogP) is 4.57. The van der Waals surface area contributed by atoms with Gasteiger partial charge in [-0.15, -0.1) is 0 Å². The van der Waals surface area contributed by atoms with Crippen LogP contribution in [0.5, 0.6) is 11.6 Å². The van der Waals surface area contributed by atoms with Crippen LogP contribution < -0.4 is 10.5 Å². The molecule has 20 heavy (non-hydrogen) atoms. The highest BCUT2D eigenvalue weighted by molar-refractivity contribution is 6.30. The number of fused-ring (bicyclic) bond motifs is 1. The van der Waals surface area contributed by atoms with E-state index in [1.807, 2.05) is 37.3 Å². The van der Waals surface area contributed by atoms with Crippen LogP contribution in [0.2, 0.25) is 5.02 Å². The molecule has 1 heterocycles. The minimum atomic E-state index is 0.517. The number of nitrogen functional groups attached to an aromatic ring is 1. The third kappa shape index (κ3) is 2.40. The van der Waals surface area contributed by atoms with E-state index in [1.54, 1.807) is 18.2 Å². The van der Waals surface area contributed by atoms with Gasteiger partial charge in [-0.05, 0) is 31.2 Å². The Hall–Kier alpha value is -2.26. The van der Waals surface area contributed by atoms with E-state index in [4.69, 9.17) is 22.1 Å². The molecule has 0 spiro atoms. The number of nitrogens with zero attached hydrogens (tertiary/aromatic N) is 1. The number of hydrogen-bond acceptors (Lipinski definition) is 3. The van der Waals surface area contributed by atoms with Crippen molar-refractivity contribution < 1.29 is 4.74 Å². The number of nitrogens with two attached hydrogens (primary N) is 1. The van der Waals surface area contributed by atoms with Gasteiger partial charge >= 0.3 is 0 Å². The van der Waals surface area contributed by atoms with E-state index in [0.717, 1.165) is 16.5 Å². The Bertz CT molecular complexity index is 787. The average molecular weight is 285 g/mol. The van der Waals surface area contributed by atoms with Gasteiger partial charge < -0.3 is 10.5 Å². The number of aryl methyl sites for hydroxylation is 1. The summed E-state index contributed by atoms with van der Waals surface area (Å²) >= 11 is 5.96. The van der Waals surface area contributed by atoms with E-state index in [2.05, 4.69) is 4.98 Å². The second kappa shape index (κ2) is 5.02. The third-order valence-corrected chi connectivity index (χ3v) is 3.29. The first kappa shape index (κ1) is 12.8. The quantitative estimate of drug-likeness (QED) is 0.701. The molecule has 0 radical (unpaired) electrons. The summed E-state index contributed by atoms with van der Waals surface area (Å²) in [5, 5.41) is 1.66. The summed E-state index contributed by atoms with van der Waals surface area (Å²) in [5.41, 5.74) is 8.25. The lowest BCUT2D eigenvalue weighted by Crippen LogP contribution is -1.96. The number of pyridine rings is 1. The van der Waals surface area contributed by atoms with Gasteiger partial charge in [0.15, 0.2) is 5.75 Å². The zero-order valence-corrected chi connectivity index (χ0v) is 11.7. The molecule has 3 aromatic rings. The Morgan fingerprint density at radius 3 is 2.75 bits per heavy atom. The molecule has 0 aliphatic rings. The highest BCUT2D eigenvalue weighted by Crippen LogP contribution is 2.31. The maximum Gasteiger partial charge on any atom is 0.222 e. The summed E-state index contributed by atoms with van der Waals surface area (Å²) in [6.07, 6.45) is 0. The highest BCUT2D eigenvalue weighted by Gasteiger charge is 2.08. The smallest absolute Gasteiger partial charge is 0.222 e. The average Bonchev–Trinajstić information content (AvgIpc) is 2.43. The molecular formula is C16H13ClN2O. The molecule has 0 saturated carbocycles. The molecule has 100 valence electrons. The van der Waals surface area contributed by atoms with Gasteiger partial charge in [-0.1, -0.05) is 29.8 Å². The van der Waals surface area contributed by atoms with E-state index in [0.29, 0.717) is 22.3 Å². The summed E-state index contributed by atoms with van der Waals surface area (Å²) in [6.45, 7) is 1.95. The Kier molecular flexibility index (Phi) is 3.20. The van der Waals surface area contributed by atoms with E-state index < -0.39 is 0 Å². The van der Waals surface area contributed by atoms with E-state index in [9.17, 15) is 0 Å². The van der Waals surface area contributed by atoms with Crippen LogP contribution in [0.1, 0.15) is 5.56 Å². The standard InChI is InChI=1S/C16H13ClN2O/c1-10-8-11-4-2-3-5-14(11)19-16(10)20-15-9-12(17)6-7-13(15)18/h2-9H,18H2,1H3. The van der Waals surface area contributed by atoms with Crippen LogP contribution in [-0.4, -0.2) is 4.98 Å². The largest absolute Gasteiger partial charge is 0.437 e. The van der Waals surface area contributed by atoms with Crippen molar-refractivity contribution in [3.63, 3.8) is 0 Å². The topological polar surface area (TPSA) is 48.1 Å². The molecule has 0 bridgehead atoms. The van der Waals surface area contributed by atoms with Crippen molar-refractivity contribution in [2.75, 3.05) is 5.73 Å². The molecule has 0 fully saturated rings. The van der Waals surface area contributed by atoms with Crippen LogP contribution in [0, 0.1) is 6.92 Å². The van der Waals surface area contributed by atoms with Gasteiger partial charge in [0.05, 0.1) is 11.2 Å². The molecule has 0 aliphatic heterocycles. The molecule has 0 atom stereocenters. The van der Waals surface area contributed by atoms with Gasteiger partial charge in [0, 0.05) is 22.0 Å². The number of halogens is 1. The third-order valence-electron chi connectivity index (χ3n) is 3.05. The Balaban J connectivity index is 2.06. The van der Waals surface area contributed by atoms with Crippen LogP contribution in [-0.2, 0) is 0 Å². The van der Waals surface area contributed by atoms with Gasteiger partial charge in [0.25, 0.3) is 0 Å². The van der Waals surface area contributed by atoms with Crippen molar-refractivity contribution in [3.05, 3.63) is 59.1 Å². The maximum absolute atomic E-state index is 5.96. The fourth-order valence-electron chi connectivity index (χ4n) is 2.01. The number of rotatable bonds is 2. The second-order valence-corrected chi connectivity index (χ2v) is 5.02. The molecule has 0 amide bonds.